The fraction of sp³-hybridized carbons (Fsp3) is 0.286. The minimum atomic E-state index is -3.58. The summed E-state index contributed by atoms with van der Waals surface area (Å²) in [5, 5.41) is 2.65. The molecule has 0 unspecified atom stereocenters. The van der Waals surface area contributed by atoms with Crippen LogP contribution in [0.5, 0.6) is 11.5 Å². The monoisotopic (exact) mass is 416 g/mol. The molecule has 1 fully saturated rings. The molecule has 0 atom stereocenters. The summed E-state index contributed by atoms with van der Waals surface area (Å²) in [4.78, 5) is 12.4. The molecule has 0 bridgehead atoms. The molecular weight excluding hydrogens is 392 g/mol. The zero-order valence-electron chi connectivity index (χ0n) is 16.3. The number of hydrogen-bond donors (Lipinski definition) is 2. The molecule has 0 spiro atoms. The molecule has 0 aromatic heterocycles. The molecule has 0 aliphatic heterocycles. The van der Waals surface area contributed by atoms with E-state index in [9.17, 15) is 13.2 Å². The molecule has 2 N–H and O–H groups in total. The second kappa shape index (κ2) is 9.11. The number of amides is 1. The molecule has 8 heteroatoms. The number of rotatable bonds is 9. The Morgan fingerprint density at radius 3 is 2.66 bits per heavy atom. The lowest BCUT2D eigenvalue weighted by Crippen LogP contribution is -2.26. The highest BCUT2D eigenvalue weighted by atomic mass is 32.2. The number of carbonyl (C=O) groups excluding carboxylic acids is 1. The van der Waals surface area contributed by atoms with Crippen LogP contribution in [0, 0.1) is 0 Å². The normalized spacial score (nSPS) is 14.0. The first-order chi connectivity index (χ1) is 13.9. The van der Waals surface area contributed by atoms with Crippen LogP contribution >= 0.6 is 0 Å². The van der Waals surface area contributed by atoms with Crippen molar-refractivity contribution >= 4 is 27.7 Å². The minimum absolute atomic E-state index is 0.0147. The molecule has 1 saturated carbocycles. The maximum Gasteiger partial charge on any atom is 0.262 e. The first-order valence-electron chi connectivity index (χ1n) is 9.27. The van der Waals surface area contributed by atoms with Gasteiger partial charge in [0.25, 0.3) is 5.91 Å². The summed E-state index contributed by atoms with van der Waals surface area (Å²) in [5.74, 6) is 0.558. The van der Waals surface area contributed by atoms with Crippen molar-refractivity contribution in [2.75, 3.05) is 19.0 Å². The number of nitrogens with one attached hydrogen (secondary N) is 2. The third kappa shape index (κ3) is 5.82. The van der Waals surface area contributed by atoms with E-state index in [2.05, 4.69) is 10.0 Å². The first kappa shape index (κ1) is 20.9. The van der Waals surface area contributed by atoms with Gasteiger partial charge in [-0.1, -0.05) is 24.3 Å². The van der Waals surface area contributed by atoms with Crippen molar-refractivity contribution in [3.63, 3.8) is 0 Å². The Bertz CT molecular complexity index is 1010. The number of benzene rings is 2. The van der Waals surface area contributed by atoms with Crippen LogP contribution < -0.4 is 19.5 Å². The predicted octanol–water partition coefficient (Wildman–Crippen LogP) is 3.19. The van der Waals surface area contributed by atoms with Crippen molar-refractivity contribution in [2.45, 2.75) is 30.7 Å². The van der Waals surface area contributed by atoms with Gasteiger partial charge >= 0.3 is 0 Å². The van der Waals surface area contributed by atoms with Gasteiger partial charge in [-0.15, -0.1) is 0 Å². The van der Waals surface area contributed by atoms with E-state index in [1.807, 2.05) is 31.2 Å². The summed E-state index contributed by atoms with van der Waals surface area (Å²) in [6.07, 6.45) is 5.55. The number of hydrogen-bond acceptors (Lipinski definition) is 5. The molecule has 2 aromatic rings. The molecule has 154 valence electrons. The number of methoxy groups -OCH3 is 1. The van der Waals surface area contributed by atoms with Gasteiger partial charge in [0.05, 0.1) is 12.0 Å². The van der Waals surface area contributed by atoms with E-state index in [0.717, 1.165) is 18.4 Å². The number of allylic oxidation sites excluding steroid dienone is 1. The number of sulfonamides is 1. The Morgan fingerprint density at radius 1 is 1.17 bits per heavy atom. The lowest BCUT2D eigenvalue weighted by atomic mass is 10.2. The van der Waals surface area contributed by atoms with E-state index in [-0.39, 0.29) is 17.5 Å². The van der Waals surface area contributed by atoms with Gasteiger partial charge in [0.2, 0.25) is 10.0 Å². The fourth-order valence-corrected chi connectivity index (χ4v) is 4.02. The summed E-state index contributed by atoms with van der Waals surface area (Å²) < 4.78 is 38.1. The highest BCUT2D eigenvalue weighted by Crippen LogP contribution is 2.28. The third-order valence-corrected chi connectivity index (χ3v) is 5.75. The molecule has 1 aliphatic carbocycles. The van der Waals surface area contributed by atoms with Crippen molar-refractivity contribution < 1.29 is 22.7 Å². The Hall–Kier alpha value is -2.84. The Balaban J connectivity index is 1.62. The molecule has 1 aliphatic rings. The molecule has 0 radical (unpaired) electrons. The van der Waals surface area contributed by atoms with E-state index < -0.39 is 15.9 Å². The topological polar surface area (TPSA) is 93.7 Å². The highest BCUT2D eigenvalue weighted by molar-refractivity contribution is 7.89. The summed E-state index contributed by atoms with van der Waals surface area (Å²) in [6.45, 7) is 1.68. The van der Waals surface area contributed by atoms with Crippen molar-refractivity contribution in [3.05, 3.63) is 54.1 Å². The second-order valence-electron chi connectivity index (χ2n) is 6.67. The molecule has 7 nitrogen and oxygen atoms in total. The first-order valence-corrected chi connectivity index (χ1v) is 10.8. The second-order valence-corrected chi connectivity index (χ2v) is 8.38. The van der Waals surface area contributed by atoms with Crippen LogP contribution in [0.4, 0.5) is 5.69 Å². The van der Waals surface area contributed by atoms with Crippen LogP contribution in [0.15, 0.2) is 53.4 Å². The largest absolute Gasteiger partial charge is 0.493 e. The van der Waals surface area contributed by atoms with E-state index in [4.69, 9.17) is 9.47 Å². The van der Waals surface area contributed by atoms with Gasteiger partial charge in [-0.05, 0) is 55.7 Å². The predicted molar refractivity (Wildman–Crippen MR) is 112 cm³/mol. The standard InChI is InChI=1S/C21H24N2O5S/c1-3-5-15-8-11-19(20(12-15)27-2)28-14-21(24)22-17-6-4-7-18(13-17)29(25,26)23-16-9-10-16/h3-8,11-13,16,23H,9-10,14H2,1-2H3,(H,22,24)/b5-3+. The van der Waals surface area contributed by atoms with Crippen LogP contribution in [0.2, 0.25) is 0 Å². The highest BCUT2D eigenvalue weighted by Gasteiger charge is 2.28. The molecule has 0 heterocycles. The zero-order valence-corrected chi connectivity index (χ0v) is 17.2. The van der Waals surface area contributed by atoms with Gasteiger partial charge in [-0.25, -0.2) is 13.1 Å². The molecule has 1 amide bonds. The van der Waals surface area contributed by atoms with Gasteiger partial charge in [-0.3, -0.25) is 4.79 Å². The number of ether oxygens (including phenoxy) is 2. The smallest absolute Gasteiger partial charge is 0.262 e. The maximum absolute atomic E-state index is 12.3. The van der Waals surface area contributed by atoms with Crippen molar-refractivity contribution in [1.29, 1.82) is 0 Å². The maximum atomic E-state index is 12.3. The van der Waals surface area contributed by atoms with Crippen LogP contribution in [0.1, 0.15) is 25.3 Å². The lowest BCUT2D eigenvalue weighted by Gasteiger charge is -2.12. The van der Waals surface area contributed by atoms with Gasteiger partial charge in [-0.2, -0.15) is 0 Å². The van der Waals surface area contributed by atoms with Gasteiger partial charge in [0, 0.05) is 11.7 Å². The van der Waals surface area contributed by atoms with Crippen LogP contribution in [0.25, 0.3) is 6.08 Å². The van der Waals surface area contributed by atoms with E-state index >= 15 is 0 Å². The summed E-state index contributed by atoms with van der Waals surface area (Å²) in [6, 6.07) is 11.6. The average molecular weight is 416 g/mol. The molecule has 3 rings (SSSR count). The van der Waals surface area contributed by atoms with Crippen LogP contribution in [0.3, 0.4) is 0 Å². The van der Waals surface area contributed by atoms with Gasteiger partial charge in [0.1, 0.15) is 0 Å². The summed E-state index contributed by atoms with van der Waals surface area (Å²) >= 11 is 0. The SMILES string of the molecule is C/C=C/c1ccc(OCC(=O)Nc2cccc(S(=O)(=O)NC3CC3)c2)c(OC)c1. The van der Waals surface area contributed by atoms with Gasteiger partial charge < -0.3 is 14.8 Å². The molecule has 2 aromatic carbocycles. The minimum Gasteiger partial charge on any atom is -0.493 e. The fourth-order valence-electron chi connectivity index (χ4n) is 2.67. The third-order valence-electron chi connectivity index (χ3n) is 4.23. The van der Waals surface area contributed by atoms with Gasteiger partial charge in [0.15, 0.2) is 18.1 Å². The Labute approximate surface area is 170 Å². The summed E-state index contributed by atoms with van der Waals surface area (Å²) in [7, 11) is -2.05. The van der Waals surface area contributed by atoms with E-state index in [1.165, 1.54) is 19.2 Å². The van der Waals surface area contributed by atoms with E-state index in [0.29, 0.717) is 17.2 Å². The Kier molecular flexibility index (Phi) is 6.56. The van der Waals surface area contributed by atoms with E-state index in [1.54, 1.807) is 18.2 Å². The molecule has 29 heavy (non-hydrogen) atoms. The van der Waals surface area contributed by atoms with Crippen molar-refractivity contribution in [2.24, 2.45) is 0 Å². The number of carbonyl (C=O) groups is 1. The lowest BCUT2D eigenvalue weighted by molar-refractivity contribution is -0.118. The number of anilines is 1. The Morgan fingerprint density at radius 2 is 1.97 bits per heavy atom. The van der Waals surface area contributed by atoms with Crippen LogP contribution in [-0.4, -0.2) is 34.1 Å². The molecule has 0 saturated heterocycles. The van der Waals surface area contributed by atoms with Crippen molar-refractivity contribution in [1.82, 2.24) is 4.72 Å². The quantitative estimate of drug-likeness (QED) is 0.655. The zero-order chi connectivity index (χ0) is 20.9. The summed E-state index contributed by atoms with van der Waals surface area (Å²) in [5.41, 5.74) is 1.34. The molecular formula is C21H24N2O5S. The van der Waals surface area contributed by atoms with Crippen LogP contribution in [-0.2, 0) is 14.8 Å². The van der Waals surface area contributed by atoms with Crippen molar-refractivity contribution in [3.8, 4) is 11.5 Å². The average Bonchev–Trinajstić information content (AvgIpc) is 3.50.